The largest absolute Gasteiger partial charge is 0.387 e. The second-order valence-electron chi connectivity index (χ2n) is 3.44. The number of benzene rings is 1. The molecular formula is C11H9Cl2NO2. The van der Waals surface area contributed by atoms with E-state index in [0.717, 1.165) is 5.56 Å². The van der Waals surface area contributed by atoms with Gasteiger partial charge >= 0.3 is 0 Å². The molecule has 0 radical (unpaired) electrons. The number of nitrogens with zero attached hydrogens (tertiary/aromatic N) is 1. The van der Waals surface area contributed by atoms with E-state index in [4.69, 9.17) is 28.0 Å². The number of carbonyl (C=O) groups is 1. The molecule has 2 rings (SSSR count). The molecule has 0 bridgehead atoms. The van der Waals surface area contributed by atoms with Crippen LogP contribution >= 0.6 is 23.2 Å². The molecule has 0 saturated carbocycles. The monoisotopic (exact) mass is 257 g/mol. The Morgan fingerprint density at radius 2 is 2.12 bits per heavy atom. The van der Waals surface area contributed by atoms with Gasteiger partial charge in [0.2, 0.25) is 0 Å². The fourth-order valence-electron chi connectivity index (χ4n) is 1.48. The van der Waals surface area contributed by atoms with E-state index in [2.05, 4.69) is 5.16 Å². The standard InChI is InChI=1S/C11H9Cl2NO2/c12-6-10(15)9-5-11(16-14-9)7-1-3-8(13)4-2-7/h1-4,11H,5-6H2. The van der Waals surface area contributed by atoms with Crippen LogP contribution in [0.2, 0.25) is 5.02 Å². The van der Waals surface area contributed by atoms with E-state index >= 15 is 0 Å². The third kappa shape index (κ3) is 2.36. The van der Waals surface area contributed by atoms with Crippen LogP contribution in [0.3, 0.4) is 0 Å². The van der Waals surface area contributed by atoms with Gasteiger partial charge in [0.1, 0.15) is 5.71 Å². The first kappa shape index (κ1) is 11.4. The summed E-state index contributed by atoms with van der Waals surface area (Å²) in [5, 5.41) is 4.40. The van der Waals surface area contributed by atoms with Crippen LogP contribution in [0.5, 0.6) is 0 Å². The van der Waals surface area contributed by atoms with Crippen molar-refractivity contribution in [2.24, 2.45) is 5.16 Å². The average molecular weight is 258 g/mol. The fraction of sp³-hybridized carbons (Fsp3) is 0.273. The molecule has 0 amide bonds. The number of Topliss-reactive ketones (excluding diaryl/α,β-unsaturated/α-hetero) is 1. The lowest BCUT2D eigenvalue weighted by atomic mass is 10.0. The van der Waals surface area contributed by atoms with Crippen LogP contribution in [-0.2, 0) is 9.63 Å². The smallest absolute Gasteiger partial charge is 0.195 e. The summed E-state index contributed by atoms with van der Waals surface area (Å²) in [5.41, 5.74) is 1.35. The zero-order chi connectivity index (χ0) is 11.5. The van der Waals surface area contributed by atoms with E-state index in [1.807, 2.05) is 12.1 Å². The van der Waals surface area contributed by atoms with Gasteiger partial charge in [0.25, 0.3) is 0 Å². The van der Waals surface area contributed by atoms with Crippen molar-refractivity contribution in [3.8, 4) is 0 Å². The van der Waals surface area contributed by atoms with Gasteiger partial charge in [-0.2, -0.15) is 0 Å². The normalized spacial score (nSPS) is 19.1. The second-order valence-corrected chi connectivity index (χ2v) is 4.15. The Bertz CT molecular complexity index is 428. The van der Waals surface area contributed by atoms with Crippen LogP contribution in [0.25, 0.3) is 0 Å². The minimum absolute atomic E-state index is 0.0600. The number of alkyl halides is 1. The lowest BCUT2D eigenvalue weighted by molar-refractivity contribution is -0.110. The predicted molar refractivity (Wildman–Crippen MR) is 63.1 cm³/mol. The molecule has 16 heavy (non-hydrogen) atoms. The number of ketones is 1. The van der Waals surface area contributed by atoms with E-state index in [-0.39, 0.29) is 17.8 Å². The molecule has 84 valence electrons. The van der Waals surface area contributed by atoms with Crippen molar-refractivity contribution in [1.29, 1.82) is 0 Å². The molecule has 1 aliphatic heterocycles. The maximum Gasteiger partial charge on any atom is 0.195 e. The molecule has 3 nitrogen and oxygen atoms in total. The quantitative estimate of drug-likeness (QED) is 0.782. The van der Waals surface area contributed by atoms with Gasteiger partial charge in [0.15, 0.2) is 11.9 Å². The van der Waals surface area contributed by atoms with Crippen molar-refractivity contribution in [2.75, 3.05) is 5.88 Å². The molecule has 1 atom stereocenters. The third-order valence-corrected chi connectivity index (χ3v) is 2.85. The van der Waals surface area contributed by atoms with Crippen molar-refractivity contribution in [3.63, 3.8) is 0 Å². The first-order valence-corrected chi connectivity index (χ1v) is 5.69. The molecule has 0 fully saturated rings. The molecule has 1 unspecified atom stereocenters. The lowest BCUT2D eigenvalue weighted by Crippen LogP contribution is -2.13. The minimum atomic E-state index is -0.209. The average Bonchev–Trinajstić information content (AvgIpc) is 2.78. The molecule has 0 N–H and O–H groups in total. The summed E-state index contributed by atoms with van der Waals surface area (Å²) < 4.78 is 0. The molecule has 0 spiro atoms. The van der Waals surface area contributed by atoms with Crippen molar-refractivity contribution in [2.45, 2.75) is 12.5 Å². The first-order chi connectivity index (χ1) is 7.70. The Hall–Kier alpha value is -1.06. The van der Waals surface area contributed by atoms with Gasteiger partial charge in [0, 0.05) is 11.4 Å². The fourth-order valence-corrected chi connectivity index (χ4v) is 1.76. The molecule has 1 aromatic rings. The maximum atomic E-state index is 11.3. The lowest BCUT2D eigenvalue weighted by Gasteiger charge is -2.07. The van der Waals surface area contributed by atoms with Crippen LogP contribution in [-0.4, -0.2) is 17.4 Å². The van der Waals surface area contributed by atoms with Crippen LogP contribution in [0, 0.1) is 0 Å². The zero-order valence-corrected chi connectivity index (χ0v) is 9.83. The van der Waals surface area contributed by atoms with Crippen molar-refractivity contribution in [3.05, 3.63) is 34.9 Å². The van der Waals surface area contributed by atoms with E-state index < -0.39 is 0 Å². The predicted octanol–water partition coefficient (Wildman–Crippen LogP) is 2.97. The first-order valence-electron chi connectivity index (χ1n) is 4.78. The van der Waals surface area contributed by atoms with Gasteiger partial charge in [-0.05, 0) is 17.7 Å². The Morgan fingerprint density at radius 3 is 2.75 bits per heavy atom. The Balaban J connectivity index is 2.06. The van der Waals surface area contributed by atoms with Gasteiger partial charge in [0.05, 0.1) is 5.88 Å². The highest BCUT2D eigenvalue weighted by Gasteiger charge is 2.26. The number of hydrogen-bond acceptors (Lipinski definition) is 3. The van der Waals surface area contributed by atoms with Crippen LogP contribution in [0.1, 0.15) is 18.1 Å². The summed E-state index contributed by atoms with van der Waals surface area (Å²) in [7, 11) is 0. The Kier molecular flexibility index (Phi) is 3.46. The van der Waals surface area contributed by atoms with Crippen molar-refractivity contribution >= 4 is 34.7 Å². The van der Waals surface area contributed by atoms with Gasteiger partial charge in [-0.25, -0.2) is 0 Å². The van der Waals surface area contributed by atoms with E-state index in [0.29, 0.717) is 17.2 Å². The molecule has 0 saturated heterocycles. The third-order valence-electron chi connectivity index (χ3n) is 2.35. The highest BCUT2D eigenvalue weighted by Crippen LogP contribution is 2.28. The number of oxime groups is 1. The summed E-state index contributed by atoms with van der Waals surface area (Å²) in [6.07, 6.45) is 0.257. The highest BCUT2D eigenvalue weighted by atomic mass is 35.5. The molecule has 0 aliphatic carbocycles. The minimum Gasteiger partial charge on any atom is -0.387 e. The summed E-state index contributed by atoms with van der Waals surface area (Å²) in [4.78, 5) is 16.5. The van der Waals surface area contributed by atoms with Gasteiger partial charge in [-0.1, -0.05) is 28.9 Å². The molecule has 0 aromatic heterocycles. The van der Waals surface area contributed by atoms with Crippen LogP contribution in [0.4, 0.5) is 0 Å². The van der Waals surface area contributed by atoms with Crippen molar-refractivity contribution in [1.82, 2.24) is 0 Å². The number of carbonyl (C=O) groups excluding carboxylic acids is 1. The van der Waals surface area contributed by atoms with Gasteiger partial charge < -0.3 is 4.84 Å². The molecule has 1 aromatic carbocycles. The summed E-state index contributed by atoms with van der Waals surface area (Å²) in [6.45, 7) is 0. The van der Waals surface area contributed by atoms with Gasteiger partial charge in [-0.3, -0.25) is 4.79 Å². The number of hydrogen-bond donors (Lipinski definition) is 0. The molecular weight excluding hydrogens is 249 g/mol. The van der Waals surface area contributed by atoms with Crippen LogP contribution < -0.4 is 0 Å². The van der Waals surface area contributed by atoms with E-state index in [1.165, 1.54) is 0 Å². The summed E-state index contributed by atoms with van der Waals surface area (Å²) in [6, 6.07) is 7.27. The zero-order valence-electron chi connectivity index (χ0n) is 8.32. The number of rotatable bonds is 3. The second kappa shape index (κ2) is 4.85. The molecule has 5 heteroatoms. The van der Waals surface area contributed by atoms with Crippen molar-refractivity contribution < 1.29 is 9.63 Å². The van der Waals surface area contributed by atoms with E-state index in [1.54, 1.807) is 12.1 Å². The number of halogens is 2. The summed E-state index contributed by atoms with van der Waals surface area (Å²) >= 11 is 11.2. The summed E-state index contributed by atoms with van der Waals surface area (Å²) in [5.74, 6) is -0.242. The maximum absolute atomic E-state index is 11.3. The SMILES string of the molecule is O=C(CCl)C1=NOC(c2ccc(Cl)cc2)C1. The van der Waals surface area contributed by atoms with Crippen LogP contribution in [0.15, 0.2) is 29.4 Å². The molecule has 1 aliphatic rings. The van der Waals surface area contributed by atoms with Gasteiger partial charge in [-0.15, -0.1) is 11.6 Å². The molecule has 1 heterocycles. The topological polar surface area (TPSA) is 38.7 Å². The van der Waals surface area contributed by atoms with E-state index in [9.17, 15) is 4.79 Å². The highest BCUT2D eigenvalue weighted by molar-refractivity contribution is 6.49. The Morgan fingerprint density at radius 1 is 1.44 bits per heavy atom. The Labute approximate surface area is 103 Å².